The highest BCUT2D eigenvalue weighted by molar-refractivity contribution is 7.92. The van der Waals surface area contributed by atoms with Crippen molar-refractivity contribution in [3.05, 3.63) is 54.0 Å². The molecule has 0 saturated heterocycles. The number of hydrogen-bond acceptors (Lipinski definition) is 7. The molecule has 1 saturated carbocycles. The zero-order valence-corrected chi connectivity index (χ0v) is 17.3. The molecule has 0 radical (unpaired) electrons. The first-order valence-electron chi connectivity index (χ1n) is 9.99. The third-order valence-electron chi connectivity index (χ3n) is 5.29. The average Bonchev–Trinajstić information content (AvgIpc) is 3.42. The van der Waals surface area contributed by atoms with Gasteiger partial charge in [-0.1, -0.05) is 18.2 Å². The van der Waals surface area contributed by atoms with Crippen LogP contribution in [-0.4, -0.2) is 40.2 Å². The van der Waals surface area contributed by atoms with Gasteiger partial charge in [0.25, 0.3) is 15.9 Å². The van der Waals surface area contributed by atoms with Crippen LogP contribution < -0.4 is 14.8 Å². The number of fused-ring (bicyclic) bond motifs is 3. The topological polar surface area (TPSA) is 128 Å². The van der Waals surface area contributed by atoms with Crippen LogP contribution in [0, 0.1) is 0 Å². The van der Waals surface area contributed by atoms with Crippen LogP contribution in [0.2, 0.25) is 0 Å². The van der Waals surface area contributed by atoms with Crippen LogP contribution in [-0.2, 0) is 16.6 Å². The SMILES string of the molecule is O=C(NCc1cccnc1OC1CCCC1)c1nc2n(n1)-c1ccccc1S(=O)(=O)N2. The van der Waals surface area contributed by atoms with Crippen molar-refractivity contribution in [3.8, 4) is 11.6 Å². The van der Waals surface area contributed by atoms with Gasteiger partial charge in [-0.2, -0.15) is 9.67 Å². The molecule has 1 aromatic carbocycles. The summed E-state index contributed by atoms with van der Waals surface area (Å²) in [6, 6.07) is 10.0. The molecule has 0 bridgehead atoms. The number of para-hydroxylation sites is 1. The van der Waals surface area contributed by atoms with E-state index in [0.717, 1.165) is 31.2 Å². The molecule has 3 heterocycles. The van der Waals surface area contributed by atoms with E-state index in [2.05, 4.69) is 25.1 Å². The Morgan fingerprint density at radius 2 is 2.00 bits per heavy atom. The maximum Gasteiger partial charge on any atom is 0.291 e. The molecule has 160 valence electrons. The van der Waals surface area contributed by atoms with Gasteiger partial charge in [-0.25, -0.2) is 18.1 Å². The number of pyridine rings is 1. The second-order valence-electron chi connectivity index (χ2n) is 7.42. The summed E-state index contributed by atoms with van der Waals surface area (Å²) in [5.74, 6) is -0.199. The van der Waals surface area contributed by atoms with E-state index >= 15 is 0 Å². The number of benzene rings is 1. The van der Waals surface area contributed by atoms with Crippen LogP contribution in [0.15, 0.2) is 47.5 Å². The largest absolute Gasteiger partial charge is 0.474 e. The second-order valence-corrected chi connectivity index (χ2v) is 9.07. The summed E-state index contributed by atoms with van der Waals surface area (Å²) in [4.78, 5) is 21.1. The van der Waals surface area contributed by atoms with Gasteiger partial charge in [0.2, 0.25) is 17.7 Å². The molecule has 31 heavy (non-hydrogen) atoms. The van der Waals surface area contributed by atoms with Crippen molar-refractivity contribution in [2.24, 2.45) is 0 Å². The molecule has 2 aliphatic rings. The fourth-order valence-electron chi connectivity index (χ4n) is 3.76. The Morgan fingerprint density at radius 1 is 1.19 bits per heavy atom. The monoisotopic (exact) mass is 440 g/mol. The van der Waals surface area contributed by atoms with Crippen LogP contribution in [0.1, 0.15) is 41.9 Å². The van der Waals surface area contributed by atoms with Crippen LogP contribution >= 0.6 is 0 Å². The number of nitrogens with zero attached hydrogens (tertiary/aromatic N) is 4. The van der Waals surface area contributed by atoms with Crippen LogP contribution in [0.25, 0.3) is 5.69 Å². The number of rotatable bonds is 5. The number of hydrogen-bond donors (Lipinski definition) is 2. The number of aromatic nitrogens is 4. The molecule has 2 N–H and O–H groups in total. The molecule has 10 nitrogen and oxygen atoms in total. The first-order valence-corrected chi connectivity index (χ1v) is 11.5. The van der Waals surface area contributed by atoms with Crippen molar-refractivity contribution in [1.82, 2.24) is 25.1 Å². The first kappa shape index (κ1) is 19.5. The van der Waals surface area contributed by atoms with E-state index in [-0.39, 0.29) is 29.3 Å². The normalized spacial score (nSPS) is 16.8. The van der Waals surface area contributed by atoms with Crippen LogP contribution in [0.4, 0.5) is 5.95 Å². The minimum Gasteiger partial charge on any atom is -0.474 e. The number of anilines is 1. The van der Waals surface area contributed by atoms with Gasteiger partial charge in [-0.15, -0.1) is 5.10 Å². The highest BCUT2D eigenvalue weighted by Crippen LogP contribution is 2.29. The number of ether oxygens (including phenoxy) is 1. The van der Waals surface area contributed by atoms with E-state index in [9.17, 15) is 13.2 Å². The van der Waals surface area contributed by atoms with Crippen molar-refractivity contribution in [3.63, 3.8) is 0 Å². The summed E-state index contributed by atoms with van der Waals surface area (Å²) in [5.41, 5.74) is 1.08. The maximum absolute atomic E-state index is 12.7. The Balaban J connectivity index is 1.34. The second kappa shape index (κ2) is 7.65. The molecule has 0 atom stereocenters. The van der Waals surface area contributed by atoms with Gasteiger partial charge in [-0.3, -0.25) is 4.79 Å². The lowest BCUT2D eigenvalue weighted by Gasteiger charge is -2.17. The Morgan fingerprint density at radius 3 is 2.84 bits per heavy atom. The predicted octanol–water partition coefficient (Wildman–Crippen LogP) is 2.03. The molecule has 5 rings (SSSR count). The van der Waals surface area contributed by atoms with Gasteiger partial charge in [-0.05, 0) is 43.9 Å². The predicted molar refractivity (Wildman–Crippen MR) is 110 cm³/mol. The number of sulfonamides is 1. The Bertz CT molecular complexity index is 1250. The summed E-state index contributed by atoms with van der Waals surface area (Å²) in [7, 11) is -3.77. The van der Waals surface area contributed by atoms with E-state index < -0.39 is 15.9 Å². The van der Waals surface area contributed by atoms with E-state index in [1.165, 1.54) is 10.7 Å². The quantitative estimate of drug-likeness (QED) is 0.621. The molecule has 1 aliphatic heterocycles. The first-order chi connectivity index (χ1) is 15.0. The van der Waals surface area contributed by atoms with Gasteiger partial charge >= 0.3 is 0 Å². The lowest BCUT2D eigenvalue weighted by molar-refractivity contribution is 0.0940. The molecule has 0 unspecified atom stereocenters. The summed E-state index contributed by atoms with van der Waals surface area (Å²) in [6.07, 6.45) is 6.11. The van der Waals surface area contributed by atoms with E-state index in [1.54, 1.807) is 30.5 Å². The summed E-state index contributed by atoms with van der Waals surface area (Å²) in [6.45, 7) is 0.181. The van der Waals surface area contributed by atoms with Crippen molar-refractivity contribution < 1.29 is 17.9 Å². The smallest absolute Gasteiger partial charge is 0.291 e. The minimum absolute atomic E-state index is 0.0320. The molecule has 1 aliphatic carbocycles. The van der Waals surface area contributed by atoms with Gasteiger partial charge in [0.1, 0.15) is 11.0 Å². The maximum atomic E-state index is 12.7. The molecular formula is C20H20N6O4S. The summed E-state index contributed by atoms with van der Waals surface area (Å²) >= 11 is 0. The molecule has 3 aromatic rings. The highest BCUT2D eigenvalue weighted by atomic mass is 32.2. The van der Waals surface area contributed by atoms with Crippen molar-refractivity contribution in [2.45, 2.75) is 43.2 Å². The highest BCUT2D eigenvalue weighted by Gasteiger charge is 2.31. The summed E-state index contributed by atoms with van der Waals surface area (Å²) in [5, 5.41) is 6.96. The number of carbonyl (C=O) groups excluding carboxylic acids is 1. The Hall–Kier alpha value is -3.47. The lowest BCUT2D eigenvalue weighted by Crippen LogP contribution is -2.25. The van der Waals surface area contributed by atoms with Crippen molar-refractivity contribution in [2.75, 3.05) is 4.72 Å². The Labute approximate surface area is 178 Å². The third-order valence-corrected chi connectivity index (χ3v) is 6.66. The zero-order chi connectivity index (χ0) is 21.4. The van der Waals surface area contributed by atoms with Gasteiger partial charge in [0.05, 0.1) is 5.69 Å². The molecule has 0 spiro atoms. The van der Waals surface area contributed by atoms with Gasteiger partial charge < -0.3 is 10.1 Å². The van der Waals surface area contributed by atoms with Gasteiger partial charge in [0, 0.05) is 18.3 Å². The minimum atomic E-state index is -3.77. The summed E-state index contributed by atoms with van der Waals surface area (Å²) < 4.78 is 34.4. The molecule has 11 heteroatoms. The van der Waals surface area contributed by atoms with E-state index in [0.29, 0.717) is 11.6 Å². The fourth-order valence-corrected chi connectivity index (χ4v) is 4.93. The molecular weight excluding hydrogens is 420 g/mol. The standard InChI is InChI=1S/C20H20N6O4S/c27-18(22-12-13-6-5-11-21-19(13)30-14-7-1-2-8-14)17-23-20-25-31(28,29)16-10-4-3-9-15(16)26(20)24-17/h3-6,9-11,14H,1-2,7-8,12H2,(H,22,27)(H,23,24,25). The average molecular weight is 440 g/mol. The third kappa shape index (κ3) is 3.72. The van der Waals surface area contributed by atoms with Crippen LogP contribution in [0.5, 0.6) is 5.88 Å². The van der Waals surface area contributed by atoms with E-state index in [4.69, 9.17) is 4.74 Å². The molecule has 2 aromatic heterocycles. The van der Waals surface area contributed by atoms with Crippen LogP contribution in [0.3, 0.4) is 0 Å². The van der Waals surface area contributed by atoms with Crippen molar-refractivity contribution in [1.29, 1.82) is 0 Å². The number of carbonyl (C=O) groups is 1. The Kier molecular flexibility index (Phi) is 4.81. The zero-order valence-electron chi connectivity index (χ0n) is 16.5. The van der Waals surface area contributed by atoms with Crippen molar-refractivity contribution >= 4 is 21.9 Å². The number of nitrogens with one attached hydrogen (secondary N) is 2. The molecule has 1 amide bonds. The van der Waals surface area contributed by atoms with Gasteiger partial charge in [0.15, 0.2) is 0 Å². The fraction of sp³-hybridized carbons (Fsp3) is 0.300. The number of amides is 1. The lowest BCUT2D eigenvalue weighted by atomic mass is 10.2. The molecule has 1 fully saturated rings. The van der Waals surface area contributed by atoms with E-state index in [1.807, 2.05) is 6.07 Å².